The second-order valence-electron chi connectivity index (χ2n) is 4.43. The molecule has 16 heavy (non-hydrogen) atoms. The maximum atomic E-state index is 11.7. The molecule has 0 radical (unpaired) electrons. The zero-order valence-electron chi connectivity index (χ0n) is 9.54. The summed E-state index contributed by atoms with van der Waals surface area (Å²) in [6.07, 6.45) is 1.59. The highest BCUT2D eigenvalue weighted by Gasteiger charge is 2.45. The molecule has 0 atom stereocenters. The van der Waals surface area contributed by atoms with E-state index >= 15 is 0 Å². The predicted octanol–water partition coefficient (Wildman–Crippen LogP) is 2.16. The number of nitrogens with two attached hydrogens (primary N) is 1. The molecule has 3 N–H and O–H groups in total. The number of nitrogens with one attached hydrogen (secondary N) is 1. The molecule has 2 rings (SSSR count). The molecule has 3 nitrogen and oxygen atoms in total. The van der Waals surface area contributed by atoms with Crippen molar-refractivity contribution in [3.8, 4) is 0 Å². The zero-order chi connectivity index (χ0) is 11.1. The van der Waals surface area contributed by atoms with Crippen LogP contribution in [0.3, 0.4) is 0 Å². The van der Waals surface area contributed by atoms with Crippen LogP contribution in [0.2, 0.25) is 0 Å². The molecule has 0 aliphatic heterocycles. The van der Waals surface area contributed by atoms with Gasteiger partial charge in [-0.2, -0.15) is 0 Å². The highest BCUT2D eigenvalue weighted by Crippen LogP contribution is 2.33. The number of rotatable bonds is 2. The molecule has 1 amide bonds. The molecule has 0 aromatic heterocycles. The van der Waals surface area contributed by atoms with Crippen molar-refractivity contribution in [3.63, 3.8) is 0 Å². The fourth-order valence-corrected chi connectivity index (χ4v) is 1.48. The molecule has 1 aliphatic carbocycles. The summed E-state index contributed by atoms with van der Waals surface area (Å²) in [6.45, 7) is 3.98. The maximum absolute atomic E-state index is 11.7. The molecule has 0 saturated heterocycles. The van der Waals surface area contributed by atoms with E-state index in [9.17, 15) is 4.79 Å². The first kappa shape index (κ1) is 13.0. The smallest absolute Gasteiger partial charge is 0.244 e. The number of carbonyl (C=O) groups is 1. The Labute approximate surface area is 102 Å². The quantitative estimate of drug-likeness (QED) is 0.832. The Hall–Kier alpha value is -1.06. The lowest BCUT2D eigenvalue weighted by atomic mass is 10.1. The third-order valence-corrected chi connectivity index (χ3v) is 2.88. The van der Waals surface area contributed by atoms with E-state index in [-0.39, 0.29) is 18.3 Å². The van der Waals surface area contributed by atoms with Crippen LogP contribution in [0.1, 0.15) is 24.0 Å². The maximum Gasteiger partial charge on any atom is 0.244 e. The Bertz CT molecular complexity index is 413. The number of benzene rings is 1. The highest BCUT2D eigenvalue weighted by molar-refractivity contribution is 6.00. The number of amides is 1. The first-order chi connectivity index (χ1) is 7.01. The van der Waals surface area contributed by atoms with Gasteiger partial charge >= 0.3 is 0 Å². The third-order valence-electron chi connectivity index (χ3n) is 2.88. The van der Waals surface area contributed by atoms with Gasteiger partial charge in [-0.05, 0) is 43.9 Å². The number of hydrogen-bond donors (Lipinski definition) is 2. The Morgan fingerprint density at radius 2 is 2.00 bits per heavy atom. The number of carbonyl (C=O) groups excluding carboxylic acids is 1. The van der Waals surface area contributed by atoms with Crippen LogP contribution in [-0.4, -0.2) is 11.4 Å². The Morgan fingerprint density at radius 3 is 2.56 bits per heavy atom. The second kappa shape index (κ2) is 4.44. The summed E-state index contributed by atoms with van der Waals surface area (Å²) in [5.74, 6) is -0.0591. The molecule has 1 aliphatic rings. The van der Waals surface area contributed by atoms with Gasteiger partial charge in [0.15, 0.2) is 0 Å². The van der Waals surface area contributed by atoms with Crippen molar-refractivity contribution in [2.45, 2.75) is 32.2 Å². The van der Waals surface area contributed by atoms with E-state index in [2.05, 4.69) is 5.32 Å². The van der Waals surface area contributed by atoms with Gasteiger partial charge in [-0.1, -0.05) is 12.1 Å². The first-order valence-electron chi connectivity index (χ1n) is 5.19. The fourth-order valence-electron chi connectivity index (χ4n) is 1.48. The molecule has 0 spiro atoms. The van der Waals surface area contributed by atoms with Gasteiger partial charge in [0.2, 0.25) is 5.91 Å². The first-order valence-corrected chi connectivity index (χ1v) is 5.19. The van der Waals surface area contributed by atoms with Crippen molar-refractivity contribution in [1.82, 2.24) is 0 Å². The van der Waals surface area contributed by atoms with Crippen LogP contribution in [-0.2, 0) is 4.79 Å². The summed E-state index contributed by atoms with van der Waals surface area (Å²) < 4.78 is 0. The van der Waals surface area contributed by atoms with Gasteiger partial charge in [0, 0.05) is 5.69 Å². The van der Waals surface area contributed by atoms with Crippen molar-refractivity contribution in [1.29, 1.82) is 0 Å². The second-order valence-corrected chi connectivity index (χ2v) is 4.43. The predicted molar refractivity (Wildman–Crippen MR) is 67.9 cm³/mol. The average Bonchev–Trinajstić information content (AvgIpc) is 2.91. The Morgan fingerprint density at radius 1 is 1.38 bits per heavy atom. The lowest BCUT2D eigenvalue weighted by molar-refractivity contribution is -0.118. The van der Waals surface area contributed by atoms with Crippen molar-refractivity contribution >= 4 is 24.0 Å². The topological polar surface area (TPSA) is 55.1 Å². The van der Waals surface area contributed by atoms with E-state index in [0.29, 0.717) is 0 Å². The average molecular weight is 241 g/mol. The summed E-state index contributed by atoms with van der Waals surface area (Å²) in [5.41, 5.74) is 8.29. The summed E-state index contributed by atoms with van der Waals surface area (Å²) in [7, 11) is 0. The van der Waals surface area contributed by atoms with Crippen LogP contribution >= 0.6 is 12.4 Å². The van der Waals surface area contributed by atoms with Crippen LogP contribution in [0.15, 0.2) is 18.2 Å². The lowest BCUT2D eigenvalue weighted by Crippen LogP contribution is -2.38. The van der Waals surface area contributed by atoms with Crippen LogP contribution in [0.4, 0.5) is 5.69 Å². The van der Waals surface area contributed by atoms with Gasteiger partial charge < -0.3 is 11.1 Å². The lowest BCUT2D eigenvalue weighted by Gasteiger charge is -2.12. The molecule has 4 heteroatoms. The summed E-state index contributed by atoms with van der Waals surface area (Å²) in [4.78, 5) is 11.7. The molecule has 1 aromatic rings. The van der Waals surface area contributed by atoms with E-state index in [4.69, 9.17) is 5.73 Å². The summed E-state index contributed by atoms with van der Waals surface area (Å²) in [6, 6.07) is 6.00. The van der Waals surface area contributed by atoms with Gasteiger partial charge in [-0.3, -0.25) is 4.79 Å². The number of aryl methyl sites for hydroxylation is 2. The van der Waals surface area contributed by atoms with E-state index in [1.165, 1.54) is 0 Å². The van der Waals surface area contributed by atoms with Crippen molar-refractivity contribution in [2.75, 3.05) is 5.32 Å². The Balaban J connectivity index is 0.00000128. The monoisotopic (exact) mass is 240 g/mol. The molecule has 1 fully saturated rings. The van der Waals surface area contributed by atoms with Gasteiger partial charge in [0.1, 0.15) is 0 Å². The van der Waals surface area contributed by atoms with Crippen LogP contribution in [0.25, 0.3) is 0 Å². The summed E-state index contributed by atoms with van der Waals surface area (Å²) in [5, 5.41) is 2.89. The molecule has 0 unspecified atom stereocenters. The summed E-state index contributed by atoms with van der Waals surface area (Å²) >= 11 is 0. The van der Waals surface area contributed by atoms with E-state index in [1.54, 1.807) is 0 Å². The standard InChI is InChI=1S/C12H16N2O.ClH/c1-8-3-4-9(2)10(7-8)14-11(15)12(13)5-6-12;/h3-4,7H,5-6,13H2,1-2H3,(H,14,15);1H. The highest BCUT2D eigenvalue weighted by atomic mass is 35.5. The SMILES string of the molecule is Cc1ccc(C)c(NC(=O)C2(N)CC2)c1.Cl. The number of halogens is 1. The van der Waals surface area contributed by atoms with Crippen LogP contribution < -0.4 is 11.1 Å². The molecule has 1 saturated carbocycles. The minimum Gasteiger partial charge on any atom is -0.324 e. The van der Waals surface area contributed by atoms with Crippen molar-refractivity contribution in [3.05, 3.63) is 29.3 Å². The van der Waals surface area contributed by atoms with E-state index in [0.717, 1.165) is 29.7 Å². The van der Waals surface area contributed by atoms with Gasteiger partial charge in [-0.15, -0.1) is 12.4 Å². The number of hydrogen-bond acceptors (Lipinski definition) is 2. The van der Waals surface area contributed by atoms with E-state index in [1.807, 2.05) is 32.0 Å². The molecule has 0 bridgehead atoms. The van der Waals surface area contributed by atoms with Crippen molar-refractivity contribution < 1.29 is 4.79 Å². The van der Waals surface area contributed by atoms with Crippen LogP contribution in [0, 0.1) is 13.8 Å². The third kappa shape index (κ3) is 2.54. The largest absolute Gasteiger partial charge is 0.324 e. The minimum atomic E-state index is -0.601. The Kier molecular flexibility index (Phi) is 3.61. The minimum absolute atomic E-state index is 0. The molecule has 0 heterocycles. The van der Waals surface area contributed by atoms with Crippen molar-refractivity contribution in [2.24, 2.45) is 5.73 Å². The molecule has 1 aromatic carbocycles. The molecule has 88 valence electrons. The van der Waals surface area contributed by atoms with Gasteiger partial charge in [0.25, 0.3) is 0 Å². The molecular formula is C12H17ClN2O. The molecular weight excluding hydrogens is 224 g/mol. The zero-order valence-corrected chi connectivity index (χ0v) is 10.4. The van der Waals surface area contributed by atoms with Crippen LogP contribution in [0.5, 0.6) is 0 Å². The normalized spacial score (nSPS) is 16.2. The van der Waals surface area contributed by atoms with Gasteiger partial charge in [0.05, 0.1) is 5.54 Å². The van der Waals surface area contributed by atoms with Gasteiger partial charge in [-0.25, -0.2) is 0 Å². The van der Waals surface area contributed by atoms with E-state index < -0.39 is 5.54 Å². The number of anilines is 1. The fraction of sp³-hybridized carbons (Fsp3) is 0.417.